The first-order valence-electron chi connectivity index (χ1n) is 4.41. The summed E-state index contributed by atoms with van der Waals surface area (Å²) >= 11 is -0.0752. The fraction of sp³-hybridized carbons (Fsp3) is 0.273. The van der Waals surface area contributed by atoms with Crippen molar-refractivity contribution in [1.82, 2.24) is 0 Å². The van der Waals surface area contributed by atoms with E-state index in [1.165, 1.54) is 6.07 Å². The molecule has 0 aliphatic carbocycles. The highest BCUT2D eigenvalue weighted by Gasteiger charge is 2.29. The Morgan fingerprint density at radius 3 is 2.47 bits per heavy atom. The van der Waals surface area contributed by atoms with Crippen molar-refractivity contribution in [2.24, 2.45) is 0 Å². The van der Waals surface area contributed by atoms with Crippen LogP contribution >= 0.6 is 11.8 Å². The highest BCUT2D eigenvalue weighted by Crippen LogP contribution is 2.39. The van der Waals surface area contributed by atoms with Crippen molar-refractivity contribution < 1.29 is 13.2 Å². The van der Waals surface area contributed by atoms with Gasteiger partial charge in [-0.2, -0.15) is 13.2 Å². The second-order valence-corrected chi connectivity index (χ2v) is 4.20. The summed E-state index contributed by atoms with van der Waals surface area (Å²) in [6.45, 7) is 3.64. The van der Waals surface area contributed by atoms with Crippen LogP contribution in [0.4, 0.5) is 13.2 Å². The Morgan fingerprint density at radius 1 is 1.27 bits per heavy atom. The maximum atomic E-state index is 12.2. The van der Waals surface area contributed by atoms with E-state index < -0.39 is 5.51 Å². The second-order valence-electron chi connectivity index (χ2n) is 3.09. The van der Waals surface area contributed by atoms with Gasteiger partial charge in [-0.25, -0.2) is 0 Å². The van der Waals surface area contributed by atoms with E-state index in [4.69, 9.17) is 0 Å². The van der Waals surface area contributed by atoms with Crippen LogP contribution in [0.1, 0.15) is 18.1 Å². The number of aryl methyl sites for hydroxylation is 1. The van der Waals surface area contributed by atoms with Gasteiger partial charge < -0.3 is 0 Å². The number of halogens is 3. The van der Waals surface area contributed by atoms with Crippen LogP contribution in [0, 0.1) is 6.92 Å². The summed E-state index contributed by atoms with van der Waals surface area (Å²) in [5.41, 5.74) is -2.67. The summed E-state index contributed by atoms with van der Waals surface area (Å²) in [5, 5.41) is 0. The third-order valence-corrected chi connectivity index (χ3v) is 2.56. The maximum Gasteiger partial charge on any atom is 0.446 e. The van der Waals surface area contributed by atoms with E-state index in [-0.39, 0.29) is 16.7 Å². The lowest BCUT2D eigenvalue weighted by molar-refractivity contribution is -0.0328. The Morgan fingerprint density at radius 2 is 1.93 bits per heavy atom. The molecule has 0 bridgehead atoms. The molecular weight excluding hydrogens is 221 g/mol. The van der Waals surface area contributed by atoms with Gasteiger partial charge >= 0.3 is 5.51 Å². The van der Waals surface area contributed by atoms with Crippen LogP contribution in [0.15, 0.2) is 29.2 Å². The van der Waals surface area contributed by atoms with Crippen molar-refractivity contribution in [1.29, 1.82) is 0 Å². The van der Waals surface area contributed by atoms with Crippen LogP contribution in [0.25, 0.3) is 6.08 Å². The zero-order valence-electron chi connectivity index (χ0n) is 8.43. The van der Waals surface area contributed by atoms with E-state index in [1.807, 2.05) is 6.92 Å². The first kappa shape index (κ1) is 12.2. The highest BCUT2D eigenvalue weighted by atomic mass is 32.2. The third kappa shape index (κ3) is 4.00. The van der Waals surface area contributed by atoms with E-state index in [0.29, 0.717) is 5.56 Å². The van der Waals surface area contributed by atoms with Crippen LogP contribution < -0.4 is 0 Å². The molecule has 0 radical (unpaired) electrons. The highest BCUT2D eigenvalue weighted by molar-refractivity contribution is 8.00. The summed E-state index contributed by atoms with van der Waals surface area (Å²) in [6.07, 6.45) is 3.41. The van der Waals surface area contributed by atoms with E-state index in [1.54, 1.807) is 31.2 Å². The van der Waals surface area contributed by atoms with E-state index >= 15 is 0 Å². The fourth-order valence-electron chi connectivity index (χ4n) is 1.20. The lowest BCUT2D eigenvalue weighted by Crippen LogP contribution is -2.00. The number of hydrogen-bond donors (Lipinski definition) is 0. The average Bonchev–Trinajstić information content (AvgIpc) is 2.08. The Bertz CT molecular complexity index is 367. The van der Waals surface area contributed by atoms with Gasteiger partial charge in [-0.3, -0.25) is 0 Å². The van der Waals surface area contributed by atoms with E-state index in [2.05, 4.69) is 0 Å². The van der Waals surface area contributed by atoms with Crippen LogP contribution in [-0.2, 0) is 0 Å². The Hall–Kier alpha value is -0.900. The molecule has 0 aromatic heterocycles. The molecule has 0 spiro atoms. The lowest BCUT2D eigenvalue weighted by atomic mass is 10.1. The number of thioether (sulfide) groups is 1. The predicted octanol–water partition coefficient (Wildman–Crippen LogP) is 4.64. The van der Waals surface area contributed by atoms with Crippen LogP contribution in [0.5, 0.6) is 0 Å². The topological polar surface area (TPSA) is 0 Å². The smallest absolute Gasteiger partial charge is 0.160 e. The van der Waals surface area contributed by atoms with Gasteiger partial charge in [0.25, 0.3) is 0 Å². The van der Waals surface area contributed by atoms with Gasteiger partial charge in [0.1, 0.15) is 0 Å². The molecule has 4 heteroatoms. The quantitative estimate of drug-likeness (QED) is 0.669. The summed E-state index contributed by atoms with van der Waals surface area (Å²) in [4.78, 5) is 0.242. The number of rotatable bonds is 2. The number of alkyl halides is 3. The average molecular weight is 232 g/mol. The second kappa shape index (κ2) is 4.75. The van der Waals surface area contributed by atoms with Crippen LogP contribution in [0.3, 0.4) is 0 Å². The zero-order valence-corrected chi connectivity index (χ0v) is 9.25. The zero-order chi connectivity index (χ0) is 11.5. The Labute approximate surface area is 91.2 Å². The minimum absolute atomic E-state index is 0.0752. The van der Waals surface area contributed by atoms with Gasteiger partial charge in [0.05, 0.1) is 0 Å². The van der Waals surface area contributed by atoms with Crippen molar-refractivity contribution in [2.75, 3.05) is 0 Å². The number of benzene rings is 1. The fourth-order valence-corrected chi connectivity index (χ4v) is 1.83. The normalized spacial score (nSPS) is 12.3. The molecule has 1 rings (SSSR count). The molecule has 0 heterocycles. The standard InChI is InChI=1S/C11H11F3S/c1-3-4-9-7-8(2)5-6-10(9)15-11(12,13)14/h3-7H,1-2H3. The molecule has 0 amide bonds. The van der Waals surface area contributed by atoms with Gasteiger partial charge in [-0.15, -0.1) is 0 Å². The molecule has 15 heavy (non-hydrogen) atoms. The Kier molecular flexibility index (Phi) is 3.85. The molecule has 0 atom stereocenters. The van der Waals surface area contributed by atoms with Crippen LogP contribution in [-0.4, -0.2) is 5.51 Å². The molecule has 1 aromatic rings. The Balaban J connectivity index is 3.06. The molecule has 0 saturated heterocycles. The van der Waals surface area contributed by atoms with E-state index in [0.717, 1.165) is 5.56 Å². The van der Waals surface area contributed by atoms with Crippen molar-refractivity contribution in [3.8, 4) is 0 Å². The summed E-state index contributed by atoms with van der Waals surface area (Å²) in [7, 11) is 0. The van der Waals surface area contributed by atoms with Gasteiger partial charge in [0.15, 0.2) is 0 Å². The van der Waals surface area contributed by atoms with Crippen molar-refractivity contribution in [3.63, 3.8) is 0 Å². The molecule has 0 saturated carbocycles. The maximum absolute atomic E-state index is 12.2. The minimum atomic E-state index is -4.23. The first-order valence-corrected chi connectivity index (χ1v) is 5.23. The van der Waals surface area contributed by atoms with Crippen molar-refractivity contribution >= 4 is 17.8 Å². The van der Waals surface area contributed by atoms with Gasteiger partial charge in [0, 0.05) is 4.90 Å². The number of hydrogen-bond acceptors (Lipinski definition) is 1. The molecular formula is C11H11F3S. The molecule has 0 N–H and O–H groups in total. The third-order valence-electron chi connectivity index (χ3n) is 1.74. The van der Waals surface area contributed by atoms with Gasteiger partial charge in [-0.05, 0) is 37.2 Å². The number of allylic oxidation sites excluding steroid dienone is 1. The molecule has 0 aliphatic rings. The van der Waals surface area contributed by atoms with Crippen molar-refractivity contribution in [2.45, 2.75) is 24.3 Å². The lowest BCUT2D eigenvalue weighted by Gasteiger charge is -2.09. The summed E-state index contributed by atoms with van der Waals surface area (Å²) < 4.78 is 36.6. The first-order chi connectivity index (χ1) is 6.92. The molecule has 0 unspecified atom stereocenters. The largest absolute Gasteiger partial charge is 0.446 e. The van der Waals surface area contributed by atoms with Gasteiger partial charge in [-0.1, -0.05) is 29.8 Å². The SMILES string of the molecule is CC=Cc1cc(C)ccc1SC(F)(F)F. The molecule has 0 nitrogen and oxygen atoms in total. The van der Waals surface area contributed by atoms with E-state index in [9.17, 15) is 13.2 Å². The van der Waals surface area contributed by atoms with Crippen LogP contribution in [0.2, 0.25) is 0 Å². The molecule has 82 valence electrons. The predicted molar refractivity (Wildman–Crippen MR) is 57.8 cm³/mol. The molecule has 1 aromatic carbocycles. The summed E-state index contributed by atoms with van der Waals surface area (Å²) in [6, 6.07) is 4.93. The molecule has 0 fully saturated rings. The minimum Gasteiger partial charge on any atom is -0.160 e. The molecule has 0 aliphatic heterocycles. The summed E-state index contributed by atoms with van der Waals surface area (Å²) in [5.74, 6) is 0. The van der Waals surface area contributed by atoms with Crippen molar-refractivity contribution in [3.05, 3.63) is 35.4 Å². The monoisotopic (exact) mass is 232 g/mol. The van der Waals surface area contributed by atoms with Gasteiger partial charge in [0.2, 0.25) is 0 Å².